The van der Waals surface area contributed by atoms with E-state index in [0.29, 0.717) is 18.1 Å². The number of ether oxygens (including phenoxy) is 1. The van der Waals surface area contributed by atoms with Crippen LogP contribution in [0.2, 0.25) is 0 Å². The molecule has 0 aromatic carbocycles. The molecule has 0 aliphatic rings. The molecule has 2 aromatic heterocycles. The quantitative estimate of drug-likeness (QED) is 0.873. The molecule has 6 nitrogen and oxygen atoms in total. The third kappa shape index (κ3) is 2.65. The zero-order chi connectivity index (χ0) is 13.1. The van der Waals surface area contributed by atoms with Crippen LogP contribution < -0.4 is 5.56 Å². The minimum Gasteiger partial charge on any atom is -0.384 e. The molecule has 0 spiro atoms. The van der Waals surface area contributed by atoms with Crippen molar-refractivity contribution in [2.45, 2.75) is 12.8 Å². The number of aromatic amines is 1. The van der Waals surface area contributed by atoms with Gasteiger partial charge in [-0.3, -0.25) is 9.48 Å². The van der Waals surface area contributed by atoms with Crippen molar-refractivity contribution in [2.24, 2.45) is 7.05 Å². The van der Waals surface area contributed by atoms with Crippen LogP contribution >= 0.6 is 0 Å². The molecule has 0 amide bonds. The van der Waals surface area contributed by atoms with E-state index < -0.39 is 0 Å². The summed E-state index contributed by atoms with van der Waals surface area (Å²) in [6.45, 7) is 2.47. The van der Waals surface area contributed by atoms with Gasteiger partial charge >= 0.3 is 0 Å². The van der Waals surface area contributed by atoms with Gasteiger partial charge in [0.05, 0.1) is 18.5 Å². The topological polar surface area (TPSA) is 72.8 Å². The van der Waals surface area contributed by atoms with Gasteiger partial charge in [-0.05, 0) is 0 Å². The van der Waals surface area contributed by atoms with Gasteiger partial charge in [-0.15, -0.1) is 0 Å². The van der Waals surface area contributed by atoms with E-state index in [1.165, 1.54) is 6.07 Å². The predicted octanol–water partition coefficient (Wildman–Crippen LogP) is 0.920. The Morgan fingerprint density at radius 2 is 2.33 bits per heavy atom. The number of H-pyrrole nitrogens is 1. The number of aromatic nitrogens is 4. The van der Waals surface area contributed by atoms with Crippen LogP contribution in [0.1, 0.15) is 18.7 Å². The molecule has 2 aromatic rings. The summed E-state index contributed by atoms with van der Waals surface area (Å²) >= 11 is 0. The van der Waals surface area contributed by atoms with Gasteiger partial charge in [0.25, 0.3) is 5.56 Å². The standard InChI is InChI=1S/C12H16N4O2/c1-8(7-18-3)12-14-10(4-11(17)15-12)9-5-13-16(2)6-9/h4-6,8H,7H2,1-3H3,(H,14,15,17). The van der Waals surface area contributed by atoms with Crippen LogP contribution in [-0.2, 0) is 11.8 Å². The Labute approximate surface area is 105 Å². The fourth-order valence-electron chi connectivity index (χ4n) is 1.74. The van der Waals surface area contributed by atoms with Crippen LogP contribution in [-0.4, -0.2) is 33.5 Å². The number of hydrogen-bond acceptors (Lipinski definition) is 4. The maximum atomic E-state index is 11.6. The summed E-state index contributed by atoms with van der Waals surface area (Å²) < 4.78 is 6.75. The average Bonchev–Trinajstić information content (AvgIpc) is 2.75. The Kier molecular flexibility index (Phi) is 3.57. The monoisotopic (exact) mass is 248 g/mol. The first-order valence-electron chi connectivity index (χ1n) is 5.69. The normalized spacial score (nSPS) is 12.6. The lowest BCUT2D eigenvalue weighted by Crippen LogP contribution is -2.15. The number of hydrogen-bond donors (Lipinski definition) is 1. The van der Waals surface area contributed by atoms with Crippen LogP contribution in [0.4, 0.5) is 0 Å². The van der Waals surface area contributed by atoms with Crippen molar-refractivity contribution in [3.63, 3.8) is 0 Å². The fourth-order valence-corrected chi connectivity index (χ4v) is 1.74. The molecule has 1 N–H and O–H groups in total. The lowest BCUT2D eigenvalue weighted by Gasteiger charge is -2.09. The second-order valence-electron chi connectivity index (χ2n) is 4.27. The molecular formula is C12H16N4O2. The molecule has 2 rings (SSSR count). The van der Waals surface area contributed by atoms with Gasteiger partial charge in [0.15, 0.2) is 0 Å². The van der Waals surface area contributed by atoms with Crippen molar-refractivity contribution >= 4 is 0 Å². The zero-order valence-corrected chi connectivity index (χ0v) is 10.7. The Balaban J connectivity index is 2.41. The molecule has 1 unspecified atom stereocenters. The van der Waals surface area contributed by atoms with Crippen molar-refractivity contribution in [1.82, 2.24) is 19.7 Å². The minimum atomic E-state index is -0.165. The van der Waals surface area contributed by atoms with Crippen LogP contribution in [0.3, 0.4) is 0 Å². The molecule has 0 radical (unpaired) electrons. The third-order valence-electron chi connectivity index (χ3n) is 2.64. The molecule has 1 atom stereocenters. The molecular weight excluding hydrogens is 232 g/mol. The van der Waals surface area contributed by atoms with Crippen LogP contribution in [0.15, 0.2) is 23.3 Å². The number of aryl methyl sites for hydroxylation is 1. The molecule has 2 heterocycles. The SMILES string of the molecule is COCC(C)c1nc(-c2cnn(C)c2)cc(=O)[nH]1. The highest BCUT2D eigenvalue weighted by molar-refractivity contribution is 5.56. The summed E-state index contributed by atoms with van der Waals surface area (Å²) in [4.78, 5) is 18.8. The summed E-state index contributed by atoms with van der Waals surface area (Å²) in [6, 6.07) is 1.47. The van der Waals surface area contributed by atoms with E-state index in [4.69, 9.17) is 4.74 Å². The van der Waals surface area contributed by atoms with E-state index in [2.05, 4.69) is 15.1 Å². The summed E-state index contributed by atoms with van der Waals surface area (Å²) in [6.07, 6.45) is 3.51. The number of methoxy groups -OCH3 is 1. The van der Waals surface area contributed by atoms with Crippen molar-refractivity contribution in [2.75, 3.05) is 13.7 Å². The maximum absolute atomic E-state index is 11.6. The van der Waals surface area contributed by atoms with Gasteiger partial charge in [0.2, 0.25) is 0 Å². The van der Waals surface area contributed by atoms with Crippen molar-refractivity contribution in [3.05, 3.63) is 34.6 Å². The minimum absolute atomic E-state index is 0.0410. The summed E-state index contributed by atoms with van der Waals surface area (Å²) in [7, 11) is 3.45. The van der Waals surface area contributed by atoms with Crippen LogP contribution in [0.5, 0.6) is 0 Å². The summed E-state index contributed by atoms with van der Waals surface area (Å²) in [5.74, 6) is 0.669. The number of rotatable bonds is 4. The van der Waals surface area contributed by atoms with Crippen molar-refractivity contribution in [3.8, 4) is 11.3 Å². The molecule has 0 bridgehead atoms. The van der Waals surface area contributed by atoms with E-state index in [0.717, 1.165) is 5.56 Å². The molecule has 0 aliphatic carbocycles. The van der Waals surface area contributed by atoms with E-state index in [1.54, 1.807) is 18.0 Å². The van der Waals surface area contributed by atoms with Crippen LogP contribution in [0.25, 0.3) is 11.3 Å². The summed E-state index contributed by atoms with van der Waals surface area (Å²) in [5.41, 5.74) is 1.29. The van der Waals surface area contributed by atoms with E-state index >= 15 is 0 Å². The first kappa shape index (κ1) is 12.5. The number of nitrogens with zero attached hydrogens (tertiary/aromatic N) is 3. The zero-order valence-electron chi connectivity index (χ0n) is 10.7. The Hall–Kier alpha value is -1.95. The highest BCUT2D eigenvalue weighted by atomic mass is 16.5. The van der Waals surface area contributed by atoms with Crippen molar-refractivity contribution < 1.29 is 4.74 Å². The van der Waals surface area contributed by atoms with E-state index in [1.807, 2.05) is 20.2 Å². The molecule has 0 saturated heterocycles. The lowest BCUT2D eigenvalue weighted by molar-refractivity contribution is 0.181. The second-order valence-corrected chi connectivity index (χ2v) is 4.27. The highest BCUT2D eigenvalue weighted by Gasteiger charge is 2.11. The Morgan fingerprint density at radius 1 is 1.56 bits per heavy atom. The molecule has 18 heavy (non-hydrogen) atoms. The van der Waals surface area contributed by atoms with Gasteiger partial charge in [0, 0.05) is 37.9 Å². The molecule has 0 fully saturated rings. The Morgan fingerprint density at radius 3 is 2.94 bits per heavy atom. The molecule has 6 heteroatoms. The second kappa shape index (κ2) is 5.14. The van der Waals surface area contributed by atoms with Crippen LogP contribution in [0, 0.1) is 0 Å². The van der Waals surface area contributed by atoms with E-state index in [9.17, 15) is 4.79 Å². The first-order valence-corrected chi connectivity index (χ1v) is 5.69. The summed E-state index contributed by atoms with van der Waals surface area (Å²) in [5, 5.41) is 4.07. The predicted molar refractivity (Wildman–Crippen MR) is 67.4 cm³/mol. The number of nitrogens with one attached hydrogen (secondary N) is 1. The van der Waals surface area contributed by atoms with Gasteiger partial charge in [-0.1, -0.05) is 6.92 Å². The van der Waals surface area contributed by atoms with Gasteiger partial charge in [-0.2, -0.15) is 5.10 Å². The third-order valence-corrected chi connectivity index (χ3v) is 2.64. The highest BCUT2D eigenvalue weighted by Crippen LogP contribution is 2.16. The average molecular weight is 248 g/mol. The van der Waals surface area contributed by atoms with E-state index in [-0.39, 0.29) is 11.5 Å². The Bertz CT molecular complexity index is 588. The van der Waals surface area contributed by atoms with Crippen molar-refractivity contribution in [1.29, 1.82) is 0 Å². The molecule has 96 valence electrons. The first-order chi connectivity index (χ1) is 8.60. The van der Waals surface area contributed by atoms with Gasteiger partial charge in [-0.25, -0.2) is 4.98 Å². The smallest absolute Gasteiger partial charge is 0.251 e. The largest absolute Gasteiger partial charge is 0.384 e. The lowest BCUT2D eigenvalue weighted by atomic mass is 10.1. The molecule has 0 saturated carbocycles. The fraction of sp³-hybridized carbons (Fsp3) is 0.417. The van der Waals surface area contributed by atoms with Gasteiger partial charge in [0.1, 0.15) is 5.82 Å². The van der Waals surface area contributed by atoms with Gasteiger partial charge < -0.3 is 9.72 Å². The maximum Gasteiger partial charge on any atom is 0.251 e. The molecule has 0 aliphatic heterocycles.